The average molecular weight is 344 g/mol. The predicted molar refractivity (Wildman–Crippen MR) is 96.7 cm³/mol. The van der Waals surface area contributed by atoms with Crippen molar-refractivity contribution in [2.24, 2.45) is 0 Å². The third-order valence-electron chi connectivity index (χ3n) is 4.10. The smallest absolute Gasteiger partial charge is 0.255 e. The van der Waals surface area contributed by atoms with Gasteiger partial charge in [-0.2, -0.15) is 0 Å². The Morgan fingerprint density at radius 3 is 2.71 bits per heavy atom. The second-order valence-corrected chi connectivity index (χ2v) is 8.10. The Balaban J connectivity index is 1.63. The van der Waals surface area contributed by atoms with Crippen LogP contribution < -0.4 is 10.1 Å². The van der Waals surface area contributed by atoms with Crippen LogP contribution in [-0.4, -0.2) is 17.0 Å². The Morgan fingerprint density at radius 2 is 2.08 bits per heavy atom. The Kier molecular flexibility index (Phi) is 4.90. The van der Waals surface area contributed by atoms with Crippen molar-refractivity contribution in [3.8, 4) is 5.75 Å². The van der Waals surface area contributed by atoms with Crippen molar-refractivity contribution in [1.29, 1.82) is 0 Å². The summed E-state index contributed by atoms with van der Waals surface area (Å²) in [6, 6.07) is 7.45. The van der Waals surface area contributed by atoms with Crippen molar-refractivity contribution in [3.05, 3.63) is 45.9 Å². The van der Waals surface area contributed by atoms with E-state index < -0.39 is 0 Å². The lowest BCUT2D eigenvalue weighted by atomic mass is 9.96. The van der Waals surface area contributed by atoms with Crippen LogP contribution in [0.2, 0.25) is 0 Å². The first-order chi connectivity index (χ1) is 11.4. The number of hydrogen-bond donors (Lipinski definition) is 1. The zero-order valence-corrected chi connectivity index (χ0v) is 15.3. The van der Waals surface area contributed by atoms with E-state index in [1.165, 1.54) is 6.42 Å². The molecular weight excluding hydrogens is 320 g/mol. The number of nitrogens with one attached hydrogen (secondary N) is 1. The minimum absolute atomic E-state index is 0.0378. The zero-order valence-electron chi connectivity index (χ0n) is 14.5. The lowest BCUT2D eigenvalue weighted by Gasteiger charge is -2.27. The van der Waals surface area contributed by atoms with Crippen LogP contribution in [0.1, 0.15) is 61.1 Å². The van der Waals surface area contributed by atoms with Gasteiger partial charge >= 0.3 is 0 Å². The molecule has 4 nitrogen and oxygen atoms in total. The van der Waals surface area contributed by atoms with E-state index in [0.717, 1.165) is 23.5 Å². The standard InChI is InChI=1S/C19H24N2O2S/c1-19(2,3)18-21-13(12-24-18)11-20-17(22)15-9-4-5-10-16(15)23-14-7-6-8-14/h4-5,9-10,12,14H,6-8,11H2,1-3H3,(H,20,22). The summed E-state index contributed by atoms with van der Waals surface area (Å²) in [6.45, 7) is 6.86. The van der Waals surface area contributed by atoms with E-state index in [1.54, 1.807) is 11.3 Å². The molecule has 128 valence electrons. The van der Waals surface area contributed by atoms with Crippen LogP contribution in [0, 0.1) is 0 Å². The van der Waals surface area contributed by atoms with Gasteiger partial charge in [0.05, 0.1) is 28.9 Å². The van der Waals surface area contributed by atoms with E-state index in [1.807, 2.05) is 29.6 Å². The van der Waals surface area contributed by atoms with E-state index >= 15 is 0 Å². The quantitative estimate of drug-likeness (QED) is 0.880. The van der Waals surface area contributed by atoms with Gasteiger partial charge in [0.25, 0.3) is 5.91 Å². The van der Waals surface area contributed by atoms with Crippen LogP contribution in [0.25, 0.3) is 0 Å². The highest BCUT2D eigenvalue weighted by atomic mass is 32.1. The lowest BCUT2D eigenvalue weighted by molar-refractivity contribution is 0.0925. The zero-order chi connectivity index (χ0) is 17.2. The van der Waals surface area contributed by atoms with Crippen LogP contribution in [0.3, 0.4) is 0 Å². The third kappa shape index (κ3) is 3.96. The molecule has 0 saturated heterocycles. The molecule has 1 aromatic heterocycles. The third-order valence-corrected chi connectivity index (χ3v) is 5.42. The second kappa shape index (κ2) is 6.93. The van der Waals surface area contributed by atoms with Crippen LogP contribution in [0.4, 0.5) is 0 Å². The number of carbonyl (C=O) groups excluding carboxylic acids is 1. The second-order valence-electron chi connectivity index (χ2n) is 7.24. The number of amides is 1. The fourth-order valence-corrected chi connectivity index (χ4v) is 3.33. The molecular formula is C19H24N2O2S. The number of carbonyl (C=O) groups is 1. The lowest BCUT2D eigenvalue weighted by Crippen LogP contribution is -2.28. The Labute approximate surface area is 147 Å². The first-order valence-electron chi connectivity index (χ1n) is 8.42. The normalized spacial score (nSPS) is 15.0. The molecule has 1 aliphatic carbocycles. The molecule has 0 aliphatic heterocycles. The number of ether oxygens (including phenoxy) is 1. The molecule has 0 radical (unpaired) electrons. The van der Waals surface area contributed by atoms with Gasteiger partial charge in [-0.3, -0.25) is 4.79 Å². The maximum atomic E-state index is 12.5. The number of rotatable bonds is 5. The Morgan fingerprint density at radius 1 is 1.33 bits per heavy atom. The molecule has 1 heterocycles. The summed E-state index contributed by atoms with van der Waals surface area (Å²) in [5.74, 6) is 0.559. The van der Waals surface area contributed by atoms with Crippen molar-refractivity contribution in [2.75, 3.05) is 0 Å². The summed E-state index contributed by atoms with van der Waals surface area (Å²) in [5, 5.41) is 6.05. The van der Waals surface area contributed by atoms with Gasteiger partial charge in [0.2, 0.25) is 0 Å². The maximum absolute atomic E-state index is 12.5. The molecule has 1 aliphatic rings. The molecule has 0 unspecified atom stereocenters. The minimum atomic E-state index is -0.116. The van der Waals surface area contributed by atoms with Gasteiger partial charge in [-0.15, -0.1) is 11.3 Å². The molecule has 0 atom stereocenters. The first-order valence-corrected chi connectivity index (χ1v) is 9.30. The minimum Gasteiger partial charge on any atom is -0.490 e. The number of hydrogen-bond acceptors (Lipinski definition) is 4. The van der Waals surface area contributed by atoms with E-state index in [2.05, 4.69) is 31.1 Å². The van der Waals surface area contributed by atoms with E-state index in [4.69, 9.17) is 4.74 Å². The monoisotopic (exact) mass is 344 g/mol. The molecule has 24 heavy (non-hydrogen) atoms. The summed E-state index contributed by atoms with van der Waals surface area (Å²) in [6.07, 6.45) is 3.61. The van der Waals surface area contributed by atoms with Gasteiger partial charge in [-0.25, -0.2) is 4.98 Å². The van der Waals surface area contributed by atoms with E-state index in [0.29, 0.717) is 17.9 Å². The fraction of sp³-hybridized carbons (Fsp3) is 0.474. The summed E-state index contributed by atoms with van der Waals surface area (Å²) in [5.41, 5.74) is 1.53. The number of thiazole rings is 1. The highest BCUT2D eigenvalue weighted by Crippen LogP contribution is 2.28. The first kappa shape index (κ1) is 17.0. The van der Waals surface area contributed by atoms with Gasteiger partial charge in [0.15, 0.2) is 0 Å². The van der Waals surface area contributed by atoms with Crippen molar-refractivity contribution < 1.29 is 9.53 Å². The van der Waals surface area contributed by atoms with Crippen molar-refractivity contribution in [2.45, 2.75) is 58.1 Å². The van der Waals surface area contributed by atoms with Crippen LogP contribution in [-0.2, 0) is 12.0 Å². The van der Waals surface area contributed by atoms with Gasteiger partial charge in [0.1, 0.15) is 5.75 Å². The maximum Gasteiger partial charge on any atom is 0.255 e. The van der Waals surface area contributed by atoms with Crippen LogP contribution >= 0.6 is 11.3 Å². The van der Waals surface area contributed by atoms with Gasteiger partial charge in [0, 0.05) is 10.8 Å². The average Bonchev–Trinajstić information content (AvgIpc) is 2.98. The van der Waals surface area contributed by atoms with E-state index in [-0.39, 0.29) is 17.4 Å². The van der Waals surface area contributed by atoms with Gasteiger partial charge in [-0.05, 0) is 31.4 Å². The van der Waals surface area contributed by atoms with Gasteiger partial charge < -0.3 is 10.1 Å². The van der Waals surface area contributed by atoms with Crippen molar-refractivity contribution in [1.82, 2.24) is 10.3 Å². The largest absolute Gasteiger partial charge is 0.490 e. The molecule has 0 bridgehead atoms. The van der Waals surface area contributed by atoms with Crippen molar-refractivity contribution in [3.63, 3.8) is 0 Å². The topological polar surface area (TPSA) is 51.2 Å². The number of nitrogens with zero attached hydrogens (tertiary/aromatic N) is 1. The Hall–Kier alpha value is -1.88. The molecule has 0 spiro atoms. The highest BCUT2D eigenvalue weighted by molar-refractivity contribution is 7.09. The molecule has 3 rings (SSSR count). The van der Waals surface area contributed by atoms with Crippen LogP contribution in [0.5, 0.6) is 5.75 Å². The molecule has 1 N–H and O–H groups in total. The SMILES string of the molecule is CC(C)(C)c1nc(CNC(=O)c2ccccc2OC2CCC2)cs1. The summed E-state index contributed by atoms with van der Waals surface area (Å²) in [7, 11) is 0. The van der Waals surface area contributed by atoms with E-state index in [9.17, 15) is 4.79 Å². The molecule has 5 heteroatoms. The highest BCUT2D eigenvalue weighted by Gasteiger charge is 2.22. The molecule has 2 aromatic rings. The molecule has 1 aromatic carbocycles. The summed E-state index contributed by atoms with van der Waals surface area (Å²) >= 11 is 1.64. The number of aromatic nitrogens is 1. The molecule has 1 amide bonds. The van der Waals surface area contributed by atoms with Crippen molar-refractivity contribution >= 4 is 17.2 Å². The summed E-state index contributed by atoms with van der Waals surface area (Å²) in [4.78, 5) is 17.1. The number of benzene rings is 1. The van der Waals surface area contributed by atoms with Crippen LogP contribution in [0.15, 0.2) is 29.6 Å². The molecule has 1 saturated carbocycles. The fourth-order valence-electron chi connectivity index (χ4n) is 2.42. The Bertz CT molecular complexity index is 714. The summed E-state index contributed by atoms with van der Waals surface area (Å²) < 4.78 is 5.93. The van der Waals surface area contributed by atoms with Gasteiger partial charge in [-0.1, -0.05) is 32.9 Å². The number of para-hydroxylation sites is 1. The predicted octanol–water partition coefficient (Wildman–Crippen LogP) is 4.30. The molecule has 1 fully saturated rings.